The van der Waals surface area contributed by atoms with E-state index in [2.05, 4.69) is 21.5 Å². The summed E-state index contributed by atoms with van der Waals surface area (Å²) in [4.78, 5) is -0.103. The number of ether oxygens (including phenoxy) is 1. The lowest BCUT2D eigenvalue weighted by Gasteiger charge is -2.15. The summed E-state index contributed by atoms with van der Waals surface area (Å²) in [7, 11) is -2.15. The molecule has 3 aromatic rings. The maximum absolute atomic E-state index is 14.6. The van der Waals surface area contributed by atoms with Crippen LogP contribution in [0.4, 0.5) is 14.5 Å². The molecule has 4 rings (SSSR count). The Labute approximate surface area is 203 Å². The summed E-state index contributed by atoms with van der Waals surface area (Å²) < 4.78 is 52.0. The van der Waals surface area contributed by atoms with Gasteiger partial charge in [-0.3, -0.25) is 4.72 Å². The van der Waals surface area contributed by atoms with Crippen molar-refractivity contribution in [3.8, 4) is 17.1 Å². The van der Waals surface area contributed by atoms with Crippen LogP contribution in [0.1, 0.15) is 26.3 Å². The van der Waals surface area contributed by atoms with Gasteiger partial charge in [0, 0.05) is 22.8 Å². The fourth-order valence-corrected chi connectivity index (χ4v) is 4.55. The van der Waals surface area contributed by atoms with Crippen LogP contribution in [-0.2, 0) is 22.3 Å². The molecule has 7 nitrogen and oxygen atoms in total. The van der Waals surface area contributed by atoms with Crippen LogP contribution in [0.2, 0.25) is 5.02 Å². The van der Waals surface area contributed by atoms with Crippen LogP contribution in [0.25, 0.3) is 17.0 Å². The quantitative estimate of drug-likeness (QED) is 0.407. The van der Waals surface area contributed by atoms with Crippen molar-refractivity contribution >= 4 is 33.8 Å². The molecule has 1 aliphatic rings. The zero-order valence-corrected chi connectivity index (χ0v) is 20.3. The molecule has 1 unspecified atom stereocenters. The molecule has 0 spiro atoms. The molecule has 0 amide bonds. The molecule has 1 aliphatic heterocycles. The largest absolute Gasteiger partial charge is 0.505 e. The van der Waals surface area contributed by atoms with Crippen molar-refractivity contribution in [2.75, 3.05) is 11.3 Å². The van der Waals surface area contributed by atoms with Gasteiger partial charge in [-0.25, -0.2) is 13.0 Å². The molecule has 34 heavy (non-hydrogen) atoms. The van der Waals surface area contributed by atoms with Gasteiger partial charge in [-0.1, -0.05) is 38.1 Å². The lowest BCUT2D eigenvalue weighted by Crippen LogP contribution is -2.08. The van der Waals surface area contributed by atoms with Crippen LogP contribution in [-0.4, -0.2) is 30.7 Å². The summed E-state index contributed by atoms with van der Waals surface area (Å²) >= 11 is 6.15. The smallest absolute Gasteiger partial charge is 0.163 e. The third-order valence-electron chi connectivity index (χ3n) is 4.85. The van der Waals surface area contributed by atoms with Crippen molar-refractivity contribution < 1.29 is 22.8 Å². The number of halogens is 3. The van der Waals surface area contributed by atoms with Gasteiger partial charge >= 0.3 is 0 Å². The van der Waals surface area contributed by atoms with Crippen molar-refractivity contribution in [1.29, 1.82) is 0 Å². The number of nitrogens with one attached hydrogen (secondary N) is 1. The molecule has 180 valence electrons. The first-order chi connectivity index (χ1) is 16.3. The standard InChI is InChI=1S/C21H17ClF2N4O3S.C2H6/c1-3-13-11(2)31-5-4-28-10-25-26-21(28)12-6-15(22)20(29)19(7-12)32(30)27-18-8-14(13)16(23)9-17(18)24;1-2/h3,6-10,27,29H,2,4-5H2,1H3;1-2H3/b13-3+;. The molecule has 2 N–H and O–H groups in total. The van der Waals surface area contributed by atoms with E-state index < -0.39 is 28.4 Å². The van der Waals surface area contributed by atoms with Crippen LogP contribution in [0.15, 0.2) is 53.9 Å². The van der Waals surface area contributed by atoms with Crippen LogP contribution in [0, 0.1) is 11.6 Å². The van der Waals surface area contributed by atoms with E-state index in [9.17, 15) is 18.1 Å². The first-order valence-corrected chi connectivity index (χ1v) is 11.9. The van der Waals surface area contributed by atoms with E-state index in [1.165, 1.54) is 24.5 Å². The van der Waals surface area contributed by atoms with Gasteiger partial charge in [0.05, 0.1) is 17.3 Å². The maximum Gasteiger partial charge on any atom is 0.163 e. The van der Waals surface area contributed by atoms with E-state index in [0.717, 1.165) is 0 Å². The summed E-state index contributed by atoms with van der Waals surface area (Å²) in [5, 5.41) is 18.3. The number of anilines is 1. The average molecular weight is 509 g/mol. The highest BCUT2D eigenvalue weighted by molar-refractivity contribution is 7.86. The molecule has 0 saturated carbocycles. The molecular formula is C23H23ClF2N4O3S. The molecule has 2 aromatic carbocycles. The number of phenols is 1. The number of aromatic hydroxyl groups is 1. The summed E-state index contributed by atoms with van der Waals surface area (Å²) in [6.45, 7) is 9.98. The number of phenolic OH excluding ortho intramolecular Hbond substituents is 1. The van der Waals surface area contributed by atoms with E-state index in [-0.39, 0.29) is 33.5 Å². The third kappa shape index (κ3) is 4.97. The second kappa shape index (κ2) is 10.8. The molecule has 4 bridgehead atoms. The minimum Gasteiger partial charge on any atom is -0.505 e. The predicted molar refractivity (Wildman–Crippen MR) is 129 cm³/mol. The van der Waals surface area contributed by atoms with Crippen molar-refractivity contribution in [3.63, 3.8) is 0 Å². The Bertz CT molecular complexity index is 1290. The maximum atomic E-state index is 14.6. The Kier molecular flexibility index (Phi) is 8.06. The molecule has 0 aliphatic carbocycles. The highest BCUT2D eigenvalue weighted by atomic mass is 35.5. The normalized spacial score (nSPS) is 16.8. The number of aromatic nitrogens is 3. The van der Waals surface area contributed by atoms with Crippen LogP contribution < -0.4 is 4.72 Å². The van der Waals surface area contributed by atoms with Crippen LogP contribution >= 0.6 is 11.6 Å². The summed E-state index contributed by atoms with van der Waals surface area (Å²) in [5.41, 5.74) is 0.500. The van der Waals surface area contributed by atoms with Crippen molar-refractivity contribution in [2.24, 2.45) is 0 Å². The topological polar surface area (TPSA) is 89.3 Å². The second-order valence-corrected chi connectivity index (χ2v) is 8.40. The zero-order chi connectivity index (χ0) is 25.0. The highest BCUT2D eigenvalue weighted by Crippen LogP contribution is 2.36. The Balaban J connectivity index is 0.00000158. The van der Waals surface area contributed by atoms with Gasteiger partial charge in [-0.15, -0.1) is 10.2 Å². The van der Waals surface area contributed by atoms with Gasteiger partial charge in [0.2, 0.25) is 0 Å². The first-order valence-electron chi connectivity index (χ1n) is 10.4. The van der Waals surface area contributed by atoms with Gasteiger partial charge < -0.3 is 14.4 Å². The highest BCUT2D eigenvalue weighted by Gasteiger charge is 2.22. The monoisotopic (exact) mass is 508 g/mol. The summed E-state index contributed by atoms with van der Waals surface area (Å²) in [5.74, 6) is -1.68. The van der Waals surface area contributed by atoms with E-state index >= 15 is 0 Å². The zero-order valence-electron chi connectivity index (χ0n) is 18.7. The van der Waals surface area contributed by atoms with Gasteiger partial charge in [0.1, 0.15) is 35.2 Å². The number of hydrogen-bond acceptors (Lipinski definition) is 5. The Morgan fingerprint density at radius 2 is 2.00 bits per heavy atom. The molecule has 1 aromatic heterocycles. The minimum absolute atomic E-state index is 0.00858. The lowest BCUT2D eigenvalue weighted by molar-refractivity contribution is 0.216. The van der Waals surface area contributed by atoms with Gasteiger partial charge in [-0.05, 0) is 25.1 Å². The number of rotatable bonds is 0. The lowest BCUT2D eigenvalue weighted by atomic mass is 10.0. The molecular weight excluding hydrogens is 486 g/mol. The average Bonchev–Trinajstić information content (AvgIpc) is 3.28. The van der Waals surface area contributed by atoms with Crippen LogP contribution in [0.5, 0.6) is 5.75 Å². The number of nitrogens with zero attached hydrogens (tertiary/aromatic N) is 3. The van der Waals surface area contributed by atoms with E-state index in [4.69, 9.17) is 16.3 Å². The van der Waals surface area contributed by atoms with Gasteiger partial charge in [-0.2, -0.15) is 0 Å². The third-order valence-corrected chi connectivity index (χ3v) is 6.25. The number of hydrogen-bond donors (Lipinski definition) is 2. The van der Waals surface area contributed by atoms with Crippen molar-refractivity contribution in [3.05, 3.63) is 71.2 Å². The first kappa shape index (κ1) is 25.4. The number of benzene rings is 2. The fraction of sp³-hybridized carbons (Fsp3) is 0.217. The number of fused-ring (bicyclic) bond motifs is 6. The Morgan fingerprint density at radius 3 is 2.71 bits per heavy atom. The van der Waals surface area contributed by atoms with Gasteiger partial charge in [0.15, 0.2) is 22.6 Å². The van der Waals surface area contributed by atoms with E-state index in [1.54, 1.807) is 17.6 Å². The molecule has 0 saturated heterocycles. The van der Waals surface area contributed by atoms with Gasteiger partial charge in [0.25, 0.3) is 0 Å². The minimum atomic E-state index is -2.15. The SMILES string of the molecule is C=C1OCCn2cnnc2-c2cc(Cl)c(O)c(c2)S(=O)Nc2cc(c(F)cc2F)/C1=C/C.CC. The second-order valence-electron chi connectivity index (χ2n) is 6.81. The summed E-state index contributed by atoms with van der Waals surface area (Å²) in [6.07, 6.45) is 3.06. The predicted octanol–water partition coefficient (Wildman–Crippen LogP) is 5.69. The summed E-state index contributed by atoms with van der Waals surface area (Å²) in [6, 6.07) is 4.70. The Hall–Kier alpha value is -3.24. The molecule has 2 heterocycles. The van der Waals surface area contributed by atoms with Crippen molar-refractivity contribution in [1.82, 2.24) is 14.8 Å². The van der Waals surface area contributed by atoms with Crippen LogP contribution in [0.3, 0.4) is 0 Å². The Morgan fingerprint density at radius 1 is 1.26 bits per heavy atom. The molecule has 11 heteroatoms. The van der Waals surface area contributed by atoms with Crippen molar-refractivity contribution in [2.45, 2.75) is 32.2 Å². The molecule has 0 radical (unpaired) electrons. The fourth-order valence-electron chi connectivity index (χ4n) is 3.29. The molecule has 0 fully saturated rings. The van der Waals surface area contributed by atoms with E-state index in [0.29, 0.717) is 29.6 Å². The van der Waals surface area contributed by atoms with E-state index in [1.807, 2.05) is 13.8 Å². The number of allylic oxidation sites excluding steroid dienone is 2. The molecule has 1 atom stereocenters.